The fourth-order valence-corrected chi connectivity index (χ4v) is 3.06. The molecule has 7 heteroatoms. The van der Waals surface area contributed by atoms with Crippen LogP contribution in [0.1, 0.15) is 12.8 Å². The Morgan fingerprint density at radius 3 is 3.05 bits per heavy atom. The van der Waals surface area contributed by atoms with E-state index in [-0.39, 0.29) is 12.0 Å². The molecule has 0 radical (unpaired) electrons. The Bertz CT molecular complexity index is 611. The van der Waals surface area contributed by atoms with Gasteiger partial charge in [-0.3, -0.25) is 9.36 Å². The van der Waals surface area contributed by atoms with E-state index in [1.54, 1.807) is 6.33 Å². The first kappa shape index (κ1) is 15.1. The van der Waals surface area contributed by atoms with E-state index in [0.717, 1.165) is 25.1 Å². The summed E-state index contributed by atoms with van der Waals surface area (Å²) in [6.07, 6.45) is 3.93. The molecule has 1 N–H and O–H groups in total. The van der Waals surface area contributed by atoms with Crippen LogP contribution in [0.3, 0.4) is 0 Å². The predicted octanol–water partition coefficient (Wildman–Crippen LogP) is 1.65. The molecule has 1 amide bonds. The van der Waals surface area contributed by atoms with E-state index in [9.17, 15) is 4.79 Å². The number of ether oxygens (including phenoxy) is 1. The van der Waals surface area contributed by atoms with Gasteiger partial charge < -0.3 is 10.1 Å². The van der Waals surface area contributed by atoms with Gasteiger partial charge in [0.05, 0.1) is 11.9 Å². The van der Waals surface area contributed by atoms with Crippen molar-refractivity contribution in [2.45, 2.75) is 24.1 Å². The summed E-state index contributed by atoms with van der Waals surface area (Å²) in [7, 11) is 0. The van der Waals surface area contributed by atoms with Gasteiger partial charge in [0, 0.05) is 18.8 Å². The highest BCUT2D eigenvalue weighted by molar-refractivity contribution is 7.99. The molecule has 1 aromatic carbocycles. The summed E-state index contributed by atoms with van der Waals surface area (Å²) in [5.41, 5.74) is 0.981. The summed E-state index contributed by atoms with van der Waals surface area (Å²) in [5.74, 6) is 0.307. The minimum absolute atomic E-state index is 0.0110. The average molecular weight is 318 g/mol. The number of thioether (sulfide) groups is 1. The largest absolute Gasteiger partial charge is 0.376 e. The first-order chi connectivity index (χ1) is 10.8. The van der Waals surface area contributed by atoms with Crippen molar-refractivity contribution in [1.29, 1.82) is 0 Å². The van der Waals surface area contributed by atoms with Gasteiger partial charge in [-0.15, -0.1) is 10.2 Å². The van der Waals surface area contributed by atoms with E-state index < -0.39 is 0 Å². The number of rotatable bonds is 6. The zero-order chi connectivity index (χ0) is 15.2. The third kappa shape index (κ3) is 3.86. The van der Waals surface area contributed by atoms with E-state index in [1.807, 2.05) is 34.9 Å². The van der Waals surface area contributed by atoms with Gasteiger partial charge >= 0.3 is 0 Å². The molecule has 22 heavy (non-hydrogen) atoms. The molecule has 1 fully saturated rings. The van der Waals surface area contributed by atoms with Gasteiger partial charge in [0.2, 0.25) is 5.91 Å². The minimum atomic E-state index is -0.0110. The van der Waals surface area contributed by atoms with Crippen LogP contribution in [0, 0.1) is 0 Å². The van der Waals surface area contributed by atoms with E-state index in [4.69, 9.17) is 4.74 Å². The Morgan fingerprint density at radius 2 is 2.27 bits per heavy atom. The monoisotopic (exact) mass is 318 g/mol. The predicted molar refractivity (Wildman–Crippen MR) is 84.1 cm³/mol. The molecule has 1 atom stereocenters. The Hall–Kier alpha value is -1.86. The van der Waals surface area contributed by atoms with Gasteiger partial charge in [-0.05, 0) is 25.0 Å². The molecule has 2 aromatic rings. The number of hydrogen-bond acceptors (Lipinski definition) is 5. The Balaban J connectivity index is 1.51. The summed E-state index contributed by atoms with van der Waals surface area (Å²) in [4.78, 5) is 11.9. The molecule has 0 bridgehead atoms. The van der Waals surface area contributed by atoms with Crippen molar-refractivity contribution in [1.82, 2.24) is 20.1 Å². The second-order valence-corrected chi connectivity index (χ2v) is 5.99. The SMILES string of the molecule is O=C(CSc1nncn1-c1ccccc1)NC[C@@H]1CCCO1. The van der Waals surface area contributed by atoms with Crippen LogP contribution in [0.5, 0.6) is 0 Å². The van der Waals surface area contributed by atoms with Crippen LogP contribution in [-0.2, 0) is 9.53 Å². The molecule has 0 spiro atoms. The first-order valence-electron chi connectivity index (χ1n) is 7.29. The number of hydrogen-bond donors (Lipinski definition) is 1. The second-order valence-electron chi connectivity index (χ2n) is 5.05. The van der Waals surface area contributed by atoms with Crippen LogP contribution in [0.15, 0.2) is 41.8 Å². The highest BCUT2D eigenvalue weighted by Crippen LogP contribution is 2.19. The summed E-state index contributed by atoms with van der Waals surface area (Å²) >= 11 is 1.38. The number of carbonyl (C=O) groups is 1. The number of carbonyl (C=O) groups excluding carboxylic acids is 1. The van der Waals surface area contributed by atoms with Crippen LogP contribution in [0.25, 0.3) is 5.69 Å². The van der Waals surface area contributed by atoms with Crippen molar-refractivity contribution in [2.24, 2.45) is 0 Å². The van der Waals surface area contributed by atoms with E-state index in [1.165, 1.54) is 11.8 Å². The van der Waals surface area contributed by atoms with Crippen LogP contribution in [0.2, 0.25) is 0 Å². The lowest BCUT2D eigenvalue weighted by Gasteiger charge is -2.10. The zero-order valence-electron chi connectivity index (χ0n) is 12.1. The molecule has 1 aliphatic heterocycles. The molecule has 1 aliphatic rings. The van der Waals surface area contributed by atoms with Gasteiger partial charge in [0.25, 0.3) is 0 Å². The van der Waals surface area contributed by atoms with Crippen molar-refractivity contribution >= 4 is 17.7 Å². The van der Waals surface area contributed by atoms with Crippen LogP contribution in [0.4, 0.5) is 0 Å². The lowest BCUT2D eigenvalue weighted by atomic mass is 10.2. The van der Waals surface area contributed by atoms with Crippen LogP contribution >= 0.6 is 11.8 Å². The van der Waals surface area contributed by atoms with Crippen molar-refractivity contribution in [3.8, 4) is 5.69 Å². The molecule has 116 valence electrons. The van der Waals surface area contributed by atoms with Gasteiger partial charge in [0.15, 0.2) is 5.16 Å². The number of para-hydroxylation sites is 1. The van der Waals surface area contributed by atoms with Crippen molar-refractivity contribution in [2.75, 3.05) is 18.9 Å². The molecule has 1 aromatic heterocycles. The first-order valence-corrected chi connectivity index (χ1v) is 8.28. The Morgan fingerprint density at radius 1 is 1.41 bits per heavy atom. The maximum Gasteiger partial charge on any atom is 0.230 e. The Kier molecular flexibility index (Phi) is 5.07. The van der Waals surface area contributed by atoms with Gasteiger partial charge in [-0.2, -0.15) is 0 Å². The van der Waals surface area contributed by atoms with Crippen molar-refractivity contribution in [3.63, 3.8) is 0 Å². The normalized spacial score (nSPS) is 17.5. The Labute approximate surface area is 133 Å². The van der Waals surface area contributed by atoms with Crippen molar-refractivity contribution < 1.29 is 9.53 Å². The number of nitrogens with zero attached hydrogens (tertiary/aromatic N) is 3. The van der Waals surface area contributed by atoms with Crippen molar-refractivity contribution in [3.05, 3.63) is 36.7 Å². The summed E-state index contributed by atoms with van der Waals surface area (Å²) in [5, 5.41) is 11.6. The van der Waals surface area contributed by atoms with Gasteiger partial charge in [0.1, 0.15) is 6.33 Å². The molecule has 3 rings (SSSR count). The fourth-order valence-electron chi connectivity index (χ4n) is 2.30. The number of nitrogens with one attached hydrogen (secondary N) is 1. The van der Waals surface area contributed by atoms with Gasteiger partial charge in [-0.25, -0.2) is 0 Å². The molecule has 0 saturated carbocycles. The summed E-state index contributed by atoms with van der Waals surface area (Å²) in [6.45, 7) is 1.39. The standard InChI is InChI=1S/C15H18N4O2S/c20-14(16-9-13-7-4-8-21-13)10-22-15-18-17-11-19(15)12-5-2-1-3-6-12/h1-3,5-6,11,13H,4,7-10H2,(H,16,20)/t13-/m0/s1. The number of aromatic nitrogens is 3. The van der Waals surface area contributed by atoms with E-state index in [0.29, 0.717) is 17.5 Å². The molecule has 0 aliphatic carbocycles. The maximum atomic E-state index is 11.9. The maximum absolute atomic E-state index is 11.9. The summed E-state index contributed by atoms with van der Waals surface area (Å²) < 4.78 is 7.36. The fraction of sp³-hybridized carbons (Fsp3) is 0.400. The molecular weight excluding hydrogens is 300 g/mol. The number of amides is 1. The highest BCUT2D eigenvalue weighted by atomic mass is 32.2. The molecular formula is C15H18N4O2S. The zero-order valence-corrected chi connectivity index (χ0v) is 13.0. The van der Waals surface area contributed by atoms with Gasteiger partial charge in [-0.1, -0.05) is 30.0 Å². The third-order valence-electron chi connectivity index (χ3n) is 3.43. The topological polar surface area (TPSA) is 69.0 Å². The summed E-state index contributed by atoms with van der Waals surface area (Å²) in [6, 6.07) is 9.82. The molecule has 0 unspecified atom stereocenters. The smallest absolute Gasteiger partial charge is 0.230 e. The minimum Gasteiger partial charge on any atom is -0.376 e. The second kappa shape index (κ2) is 7.42. The van der Waals surface area contributed by atoms with E-state index in [2.05, 4.69) is 15.5 Å². The molecule has 2 heterocycles. The molecule has 1 saturated heterocycles. The van der Waals surface area contributed by atoms with Crippen LogP contribution < -0.4 is 5.32 Å². The lowest BCUT2D eigenvalue weighted by Crippen LogP contribution is -2.32. The molecule has 6 nitrogen and oxygen atoms in total. The quantitative estimate of drug-likeness (QED) is 0.820. The average Bonchev–Trinajstić information content (AvgIpc) is 3.23. The number of benzene rings is 1. The van der Waals surface area contributed by atoms with E-state index >= 15 is 0 Å². The highest BCUT2D eigenvalue weighted by Gasteiger charge is 2.16. The lowest BCUT2D eigenvalue weighted by molar-refractivity contribution is -0.119. The third-order valence-corrected chi connectivity index (χ3v) is 4.38. The van der Waals surface area contributed by atoms with Crippen LogP contribution in [-0.4, -0.2) is 45.7 Å².